The minimum absolute atomic E-state index is 0.185. The molecule has 0 bridgehead atoms. The van der Waals surface area contributed by atoms with Crippen LogP contribution < -0.4 is 5.32 Å². The first kappa shape index (κ1) is 10.9. The molecule has 1 amide bonds. The van der Waals surface area contributed by atoms with E-state index in [9.17, 15) is 4.79 Å². The van der Waals surface area contributed by atoms with Crippen LogP contribution >= 0.6 is 0 Å². The number of nitrogens with one attached hydrogen (secondary N) is 1. The maximum absolute atomic E-state index is 11.3. The smallest absolute Gasteiger partial charge is 0.265 e. The van der Waals surface area contributed by atoms with Gasteiger partial charge >= 0.3 is 0 Å². The van der Waals surface area contributed by atoms with Crippen molar-refractivity contribution in [3.05, 3.63) is 35.5 Å². The van der Waals surface area contributed by atoms with E-state index in [0.29, 0.717) is 5.76 Å². The van der Waals surface area contributed by atoms with E-state index in [1.165, 1.54) is 13.2 Å². The van der Waals surface area contributed by atoms with Gasteiger partial charge in [0.25, 0.3) is 5.91 Å². The first-order valence-corrected chi connectivity index (χ1v) is 4.25. The van der Waals surface area contributed by atoms with Crippen LogP contribution in [0.5, 0.6) is 0 Å². The van der Waals surface area contributed by atoms with Gasteiger partial charge in [0.1, 0.15) is 17.6 Å². The van der Waals surface area contributed by atoms with E-state index in [-0.39, 0.29) is 17.9 Å². The number of nitriles is 1. The molecule has 0 atom stereocenters. The van der Waals surface area contributed by atoms with Gasteiger partial charge in [-0.25, -0.2) is 0 Å². The van der Waals surface area contributed by atoms with Gasteiger partial charge in [0, 0.05) is 0 Å². The molecule has 0 saturated heterocycles. The van der Waals surface area contributed by atoms with Gasteiger partial charge in [-0.2, -0.15) is 5.26 Å². The van der Waals surface area contributed by atoms with Crippen molar-refractivity contribution < 1.29 is 14.3 Å². The molecule has 0 aliphatic rings. The number of carbonyl (C=O) groups excluding carboxylic acids is 1. The van der Waals surface area contributed by atoms with E-state index < -0.39 is 5.91 Å². The van der Waals surface area contributed by atoms with Crippen LogP contribution in [0.15, 0.2) is 34.1 Å². The molecule has 0 aliphatic heterocycles. The first-order chi connectivity index (χ1) is 7.15. The summed E-state index contributed by atoms with van der Waals surface area (Å²) >= 11 is 0. The van der Waals surface area contributed by atoms with Crippen LogP contribution in [0.4, 0.5) is 0 Å². The number of furan rings is 1. The van der Waals surface area contributed by atoms with Crippen molar-refractivity contribution in [2.24, 2.45) is 0 Å². The Morgan fingerprint density at radius 2 is 2.47 bits per heavy atom. The van der Waals surface area contributed by atoms with Gasteiger partial charge in [-0.05, 0) is 19.1 Å². The summed E-state index contributed by atoms with van der Waals surface area (Å²) < 4.78 is 4.98. The topological polar surface area (TPSA) is 86.3 Å². The predicted molar refractivity (Wildman–Crippen MR) is 51.5 cm³/mol. The average Bonchev–Trinajstić information content (AvgIpc) is 2.67. The first-order valence-electron chi connectivity index (χ1n) is 4.25. The molecule has 0 fully saturated rings. The maximum Gasteiger partial charge on any atom is 0.265 e. The van der Waals surface area contributed by atoms with Crippen molar-refractivity contribution in [1.82, 2.24) is 5.32 Å². The van der Waals surface area contributed by atoms with E-state index in [4.69, 9.17) is 14.8 Å². The lowest BCUT2D eigenvalue weighted by Gasteiger charge is -2.01. The summed E-state index contributed by atoms with van der Waals surface area (Å²) in [5, 5.41) is 20.0. The number of aliphatic hydroxyl groups is 1. The molecule has 0 saturated carbocycles. The van der Waals surface area contributed by atoms with Crippen LogP contribution in [0.25, 0.3) is 0 Å². The zero-order valence-corrected chi connectivity index (χ0v) is 8.15. The van der Waals surface area contributed by atoms with E-state index in [0.717, 1.165) is 0 Å². The number of amides is 1. The van der Waals surface area contributed by atoms with Gasteiger partial charge in [0.15, 0.2) is 5.57 Å². The van der Waals surface area contributed by atoms with Crippen LogP contribution in [-0.2, 0) is 11.3 Å². The van der Waals surface area contributed by atoms with E-state index in [1.807, 2.05) is 0 Å². The quantitative estimate of drug-likeness (QED) is 0.442. The van der Waals surface area contributed by atoms with Crippen LogP contribution in [0.1, 0.15) is 12.7 Å². The summed E-state index contributed by atoms with van der Waals surface area (Å²) in [4.78, 5) is 11.3. The molecule has 1 aromatic rings. The van der Waals surface area contributed by atoms with Crippen LogP contribution in [0.2, 0.25) is 0 Å². The Balaban J connectivity index is 2.58. The second-order valence-electron chi connectivity index (χ2n) is 2.83. The summed E-state index contributed by atoms with van der Waals surface area (Å²) in [6.45, 7) is 1.47. The SMILES string of the molecule is C/C(O)=C(\C#N)C(=O)NCc1ccco1. The monoisotopic (exact) mass is 206 g/mol. The van der Waals surface area contributed by atoms with Gasteiger partial charge in [-0.3, -0.25) is 4.79 Å². The Bertz CT molecular complexity index is 408. The predicted octanol–water partition coefficient (Wildman–Crippen LogP) is 1.25. The van der Waals surface area contributed by atoms with Crippen LogP contribution in [-0.4, -0.2) is 11.0 Å². The Morgan fingerprint density at radius 1 is 1.73 bits per heavy atom. The summed E-state index contributed by atoms with van der Waals surface area (Å²) in [5.74, 6) is -0.334. The van der Waals surface area contributed by atoms with Crippen molar-refractivity contribution in [2.75, 3.05) is 0 Å². The molecule has 78 valence electrons. The van der Waals surface area contributed by atoms with Crippen molar-refractivity contribution in [2.45, 2.75) is 13.5 Å². The Kier molecular flexibility index (Phi) is 3.52. The summed E-state index contributed by atoms with van der Waals surface area (Å²) in [7, 11) is 0. The zero-order chi connectivity index (χ0) is 11.3. The van der Waals surface area contributed by atoms with Gasteiger partial charge in [-0.15, -0.1) is 0 Å². The number of hydrogen-bond acceptors (Lipinski definition) is 4. The second-order valence-corrected chi connectivity index (χ2v) is 2.83. The molecule has 5 nitrogen and oxygen atoms in total. The standard InChI is InChI=1S/C10H10N2O3/c1-7(13)9(5-11)10(14)12-6-8-3-2-4-15-8/h2-4,13H,6H2,1H3,(H,12,14)/b9-7-. The lowest BCUT2D eigenvalue weighted by molar-refractivity contribution is -0.117. The van der Waals surface area contributed by atoms with Crippen molar-refractivity contribution in [3.8, 4) is 6.07 Å². The molecule has 15 heavy (non-hydrogen) atoms. The number of carbonyl (C=O) groups is 1. The normalized spacial score (nSPS) is 11.5. The molecular formula is C10H10N2O3. The minimum atomic E-state index is -0.617. The van der Waals surface area contributed by atoms with Gasteiger partial charge < -0.3 is 14.8 Å². The molecule has 0 unspecified atom stereocenters. The molecule has 2 N–H and O–H groups in total. The molecule has 0 aromatic carbocycles. The molecule has 0 radical (unpaired) electrons. The van der Waals surface area contributed by atoms with Crippen molar-refractivity contribution in [3.63, 3.8) is 0 Å². The number of nitrogens with zero attached hydrogens (tertiary/aromatic N) is 1. The number of rotatable bonds is 3. The Hall–Kier alpha value is -2.22. The van der Waals surface area contributed by atoms with Crippen LogP contribution in [0, 0.1) is 11.3 Å². The summed E-state index contributed by atoms with van der Waals surface area (Å²) in [5.41, 5.74) is -0.290. The van der Waals surface area contributed by atoms with E-state index in [2.05, 4.69) is 5.32 Å². The van der Waals surface area contributed by atoms with Crippen LogP contribution in [0.3, 0.4) is 0 Å². The van der Waals surface area contributed by atoms with E-state index in [1.54, 1.807) is 18.2 Å². The largest absolute Gasteiger partial charge is 0.511 e. The third kappa shape index (κ3) is 2.88. The fraction of sp³-hybridized carbons (Fsp3) is 0.200. The molecular weight excluding hydrogens is 196 g/mol. The molecule has 1 heterocycles. The number of hydrogen-bond donors (Lipinski definition) is 2. The highest BCUT2D eigenvalue weighted by molar-refractivity contribution is 5.97. The van der Waals surface area contributed by atoms with Crippen molar-refractivity contribution in [1.29, 1.82) is 5.26 Å². The lowest BCUT2D eigenvalue weighted by Crippen LogP contribution is -2.24. The maximum atomic E-state index is 11.3. The minimum Gasteiger partial charge on any atom is -0.511 e. The summed E-state index contributed by atoms with van der Waals surface area (Å²) in [6, 6.07) is 5.01. The fourth-order valence-electron chi connectivity index (χ4n) is 0.965. The molecule has 5 heteroatoms. The van der Waals surface area contributed by atoms with Gasteiger partial charge in [0.05, 0.1) is 12.8 Å². The number of aliphatic hydroxyl groups excluding tert-OH is 1. The highest BCUT2D eigenvalue weighted by atomic mass is 16.3. The molecule has 0 aliphatic carbocycles. The molecule has 0 spiro atoms. The Labute approximate surface area is 86.6 Å². The molecule has 1 rings (SSSR count). The zero-order valence-electron chi connectivity index (χ0n) is 8.15. The fourth-order valence-corrected chi connectivity index (χ4v) is 0.965. The number of allylic oxidation sites excluding steroid dienone is 1. The van der Waals surface area contributed by atoms with Gasteiger partial charge in [0.2, 0.25) is 0 Å². The highest BCUT2D eigenvalue weighted by Gasteiger charge is 2.12. The second kappa shape index (κ2) is 4.86. The third-order valence-corrected chi connectivity index (χ3v) is 1.70. The summed E-state index contributed by atoms with van der Waals surface area (Å²) in [6.07, 6.45) is 1.49. The Morgan fingerprint density at radius 3 is 2.93 bits per heavy atom. The third-order valence-electron chi connectivity index (χ3n) is 1.70. The van der Waals surface area contributed by atoms with E-state index >= 15 is 0 Å². The highest BCUT2D eigenvalue weighted by Crippen LogP contribution is 2.02. The van der Waals surface area contributed by atoms with Crippen molar-refractivity contribution >= 4 is 5.91 Å². The lowest BCUT2D eigenvalue weighted by atomic mass is 10.2. The average molecular weight is 206 g/mol. The van der Waals surface area contributed by atoms with Gasteiger partial charge in [-0.1, -0.05) is 0 Å². The molecule has 1 aromatic heterocycles.